The van der Waals surface area contributed by atoms with Gasteiger partial charge in [0.1, 0.15) is 5.69 Å². The third-order valence-electron chi connectivity index (χ3n) is 1.51. The van der Waals surface area contributed by atoms with Gasteiger partial charge in [0.25, 0.3) is 0 Å². The summed E-state index contributed by atoms with van der Waals surface area (Å²) >= 11 is 0.648. The number of rotatable bonds is 1. The van der Waals surface area contributed by atoms with E-state index in [4.69, 9.17) is 14.0 Å². The molecule has 70 valence electrons. The van der Waals surface area contributed by atoms with Crippen LogP contribution in [0.1, 0.15) is 0 Å². The van der Waals surface area contributed by atoms with Gasteiger partial charge in [-0.1, -0.05) is 12.1 Å². The fraction of sp³-hybridized carbons (Fsp3) is 0. The van der Waals surface area contributed by atoms with Crippen LogP contribution in [0.4, 0.5) is 5.69 Å². The maximum Gasteiger partial charge on any atom is 0.442 e. The van der Waals surface area contributed by atoms with Crippen LogP contribution < -0.4 is 8.26 Å². The Hall–Kier alpha value is -0.680. The minimum Gasteiger partial charge on any atom is -0.403 e. The zero-order valence-electron chi connectivity index (χ0n) is 6.32. The Kier molecular flexibility index (Phi) is 2.00. The number of hydrogen-bond acceptors (Lipinski definition) is 3. The molecule has 13 heavy (non-hydrogen) atoms. The highest BCUT2D eigenvalue weighted by Crippen LogP contribution is 2.56. The number of fused-ring (bicyclic) bond motifs is 1. The van der Waals surface area contributed by atoms with Gasteiger partial charge in [-0.15, -0.1) is 0 Å². The minimum absolute atomic E-state index is 0.404. The van der Waals surface area contributed by atoms with Gasteiger partial charge in [-0.05, 0) is 12.1 Å². The maximum absolute atomic E-state index is 10.9. The van der Waals surface area contributed by atoms with Crippen molar-refractivity contribution in [2.45, 2.75) is 0 Å². The Labute approximate surface area is 78.9 Å². The monoisotopic (exact) mass is 219 g/mol. The van der Waals surface area contributed by atoms with E-state index in [-0.39, 0.29) is 0 Å². The van der Waals surface area contributed by atoms with Crippen molar-refractivity contribution in [3.05, 3.63) is 24.3 Å². The van der Waals surface area contributed by atoms with E-state index in [0.29, 0.717) is 23.7 Å². The van der Waals surface area contributed by atoms with E-state index < -0.39 is 7.75 Å². The van der Waals surface area contributed by atoms with Crippen LogP contribution >= 0.6 is 20.0 Å². The highest BCUT2D eigenvalue weighted by Gasteiger charge is 2.35. The predicted octanol–water partition coefficient (Wildman–Crippen LogP) is 1.54. The molecule has 0 spiro atoms. The lowest BCUT2D eigenvalue weighted by Gasteiger charge is -2.13. The second-order valence-electron chi connectivity index (χ2n) is 2.41. The number of anilines is 1. The van der Waals surface area contributed by atoms with Gasteiger partial charge in [0.2, 0.25) is 0 Å². The molecular weight excluding hydrogens is 213 g/mol. The maximum atomic E-state index is 10.9. The molecule has 1 aromatic carbocycles. The topological polar surface area (TPSA) is 70.0 Å². The van der Waals surface area contributed by atoms with Gasteiger partial charge in [-0.3, -0.25) is 0 Å². The highest BCUT2D eigenvalue weighted by atomic mass is 32.2. The summed E-state index contributed by atoms with van der Waals surface area (Å²) in [7, 11) is -4.27. The van der Waals surface area contributed by atoms with Crippen molar-refractivity contribution in [1.29, 1.82) is 0 Å². The lowest BCUT2D eigenvalue weighted by atomic mass is 10.3. The van der Waals surface area contributed by atoms with E-state index in [1.165, 1.54) is 0 Å². The first-order valence-electron chi connectivity index (χ1n) is 3.39. The lowest BCUT2D eigenvalue weighted by Crippen LogP contribution is -2.05. The van der Waals surface area contributed by atoms with Crippen molar-refractivity contribution in [2.24, 2.45) is 0 Å². The molecule has 0 aromatic heterocycles. The van der Waals surface area contributed by atoms with Crippen molar-refractivity contribution in [3.8, 4) is 5.75 Å². The largest absolute Gasteiger partial charge is 0.442 e. The third-order valence-corrected chi connectivity index (χ3v) is 3.62. The normalized spacial score (nSPS) is 15.4. The van der Waals surface area contributed by atoms with Gasteiger partial charge in [0.15, 0.2) is 18.0 Å². The van der Waals surface area contributed by atoms with Crippen LogP contribution in [-0.2, 0) is 4.57 Å². The van der Waals surface area contributed by atoms with Crippen LogP contribution in [0, 0.1) is 0 Å². The molecule has 0 saturated carbocycles. The van der Waals surface area contributed by atoms with Crippen LogP contribution in [0.2, 0.25) is 0 Å². The molecule has 2 rings (SSSR count). The second-order valence-corrected chi connectivity index (χ2v) is 4.79. The van der Waals surface area contributed by atoms with E-state index >= 15 is 0 Å². The van der Waals surface area contributed by atoms with Crippen LogP contribution in [-0.4, -0.2) is 9.79 Å². The number of hydrogen-bond donors (Lipinski definition) is 2. The van der Waals surface area contributed by atoms with Crippen LogP contribution in [0.3, 0.4) is 0 Å². The van der Waals surface area contributed by atoms with Crippen molar-refractivity contribution < 1.29 is 18.5 Å². The molecular formula is C6H6NO4PS. The molecule has 0 radical (unpaired) electrons. The van der Waals surface area contributed by atoms with Crippen molar-refractivity contribution in [3.63, 3.8) is 0 Å². The van der Waals surface area contributed by atoms with E-state index in [1.807, 2.05) is 0 Å². The summed E-state index contributed by atoms with van der Waals surface area (Å²) in [5, 5.41) is 0. The van der Waals surface area contributed by atoms with Gasteiger partial charge < -0.3 is 14.0 Å². The van der Waals surface area contributed by atoms with Crippen molar-refractivity contribution in [2.75, 3.05) is 4.08 Å². The molecule has 0 saturated heterocycles. The summed E-state index contributed by atoms with van der Waals surface area (Å²) in [5.74, 6) is 0.468. The average molecular weight is 219 g/mol. The standard InChI is InChI=1S/C6H6NO4PS/c8-12(9,10)7-5-3-1-2-4-6(5)11-13-7/h1-4H,(H2,8,9,10). The number of benzene rings is 1. The molecule has 0 amide bonds. The lowest BCUT2D eigenvalue weighted by molar-refractivity contribution is 0.376. The Morgan fingerprint density at radius 1 is 1.38 bits per heavy atom. The van der Waals surface area contributed by atoms with E-state index in [0.717, 1.165) is 4.08 Å². The first-order valence-corrected chi connectivity index (χ1v) is 5.65. The van der Waals surface area contributed by atoms with Crippen molar-refractivity contribution >= 4 is 25.7 Å². The molecule has 1 aliphatic rings. The molecule has 1 aliphatic heterocycles. The van der Waals surface area contributed by atoms with E-state index in [9.17, 15) is 4.57 Å². The fourth-order valence-corrected chi connectivity index (χ4v) is 2.40. The van der Waals surface area contributed by atoms with Gasteiger partial charge in [-0.2, -0.15) is 4.08 Å². The Morgan fingerprint density at radius 2 is 2.08 bits per heavy atom. The molecule has 2 N–H and O–H groups in total. The number of nitrogens with zero attached hydrogens (tertiary/aromatic N) is 1. The molecule has 7 heteroatoms. The molecule has 1 aromatic rings. The van der Waals surface area contributed by atoms with Crippen LogP contribution in [0.25, 0.3) is 0 Å². The van der Waals surface area contributed by atoms with Crippen molar-refractivity contribution in [1.82, 2.24) is 0 Å². The number of para-hydroxylation sites is 2. The molecule has 5 nitrogen and oxygen atoms in total. The van der Waals surface area contributed by atoms with Gasteiger partial charge in [-0.25, -0.2) is 4.57 Å². The Morgan fingerprint density at radius 3 is 2.77 bits per heavy atom. The quantitative estimate of drug-likeness (QED) is 0.424. The van der Waals surface area contributed by atoms with E-state index in [1.54, 1.807) is 24.3 Å². The Bertz CT molecular complexity index is 379. The van der Waals surface area contributed by atoms with Crippen LogP contribution in [0.5, 0.6) is 5.75 Å². The first-order chi connectivity index (χ1) is 6.09. The van der Waals surface area contributed by atoms with Gasteiger partial charge in [0.05, 0.1) is 0 Å². The first kappa shape index (κ1) is 8.90. The summed E-state index contributed by atoms with van der Waals surface area (Å²) in [5.41, 5.74) is 0.404. The highest BCUT2D eigenvalue weighted by molar-refractivity contribution is 8.03. The third kappa shape index (κ3) is 1.53. The predicted molar refractivity (Wildman–Crippen MR) is 49.2 cm³/mol. The molecule has 0 atom stereocenters. The zero-order valence-corrected chi connectivity index (χ0v) is 8.03. The van der Waals surface area contributed by atoms with E-state index in [2.05, 4.69) is 0 Å². The smallest absolute Gasteiger partial charge is 0.403 e. The Balaban J connectivity index is 2.45. The summed E-state index contributed by atoms with van der Waals surface area (Å²) < 4.78 is 16.8. The summed E-state index contributed by atoms with van der Waals surface area (Å²) in [6, 6.07) is 6.67. The SMILES string of the molecule is O=P(O)(O)N1SOc2ccccc21. The zero-order chi connectivity index (χ0) is 9.47. The molecule has 0 fully saturated rings. The summed E-state index contributed by atoms with van der Waals surface area (Å²) in [4.78, 5) is 17.8. The second kappa shape index (κ2) is 2.92. The fourth-order valence-electron chi connectivity index (χ4n) is 0.985. The molecule has 0 bridgehead atoms. The summed E-state index contributed by atoms with van der Waals surface area (Å²) in [6.45, 7) is 0. The molecule has 0 aliphatic carbocycles. The molecule has 1 heterocycles. The van der Waals surface area contributed by atoms with Gasteiger partial charge >= 0.3 is 7.75 Å². The van der Waals surface area contributed by atoms with Crippen LogP contribution in [0.15, 0.2) is 24.3 Å². The summed E-state index contributed by atoms with van der Waals surface area (Å²) in [6.07, 6.45) is 0. The van der Waals surface area contributed by atoms with Gasteiger partial charge in [0, 0.05) is 0 Å². The minimum atomic E-state index is -4.27. The molecule has 0 unspecified atom stereocenters. The average Bonchev–Trinajstić information content (AvgIpc) is 2.45.